The van der Waals surface area contributed by atoms with Gasteiger partial charge in [0.15, 0.2) is 0 Å². The van der Waals surface area contributed by atoms with Gasteiger partial charge in [0.05, 0.1) is 5.41 Å². The first kappa shape index (κ1) is 17.0. The molecule has 0 radical (unpaired) electrons. The summed E-state index contributed by atoms with van der Waals surface area (Å²) in [5.41, 5.74) is 3.53. The molecule has 1 aromatic rings. The number of nitrogens with one attached hydrogen (secondary N) is 1. The molecule has 1 fully saturated rings. The summed E-state index contributed by atoms with van der Waals surface area (Å²) in [5, 5.41) is 3.42. The Morgan fingerprint density at radius 1 is 1.27 bits per heavy atom. The Hall–Kier alpha value is -1.35. The van der Waals surface area contributed by atoms with Crippen LogP contribution in [-0.2, 0) is 22.6 Å². The summed E-state index contributed by atoms with van der Waals surface area (Å²) in [5.74, 6) is 0.523. The molecular formula is C19H29NO2. The predicted octanol–water partition coefficient (Wildman–Crippen LogP) is 3.81. The molecule has 0 aromatic heterocycles. The first-order valence-corrected chi connectivity index (χ1v) is 8.41. The SMILES string of the molecule is CCc1cc(COC(=O)C(C)(C)C)ccc1C1CCNCC1. The van der Waals surface area contributed by atoms with Gasteiger partial charge in [-0.05, 0) is 75.7 Å². The van der Waals surface area contributed by atoms with Crippen molar-refractivity contribution in [1.82, 2.24) is 5.32 Å². The fourth-order valence-electron chi connectivity index (χ4n) is 2.95. The molecule has 0 aliphatic carbocycles. The van der Waals surface area contributed by atoms with Crippen molar-refractivity contribution in [3.05, 3.63) is 34.9 Å². The lowest BCUT2D eigenvalue weighted by Gasteiger charge is -2.25. The summed E-state index contributed by atoms with van der Waals surface area (Å²) in [7, 11) is 0. The largest absolute Gasteiger partial charge is 0.460 e. The molecule has 1 aromatic carbocycles. The molecule has 1 aliphatic rings. The summed E-state index contributed by atoms with van der Waals surface area (Å²) >= 11 is 0. The Morgan fingerprint density at radius 2 is 1.95 bits per heavy atom. The Labute approximate surface area is 134 Å². The van der Waals surface area contributed by atoms with E-state index in [1.807, 2.05) is 20.8 Å². The topological polar surface area (TPSA) is 38.3 Å². The molecule has 0 amide bonds. The second kappa shape index (κ2) is 7.28. The third kappa shape index (κ3) is 4.33. The standard InChI is InChI=1S/C19H29NO2/c1-5-15-12-14(13-22-18(21)19(2,3)4)6-7-17(15)16-8-10-20-11-9-16/h6-7,12,16,20H,5,8-11,13H2,1-4H3. The number of rotatable bonds is 4. The van der Waals surface area contributed by atoms with Gasteiger partial charge in [-0.1, -0.05) is 25.1 Å². The summed E-state index contributed by atoms with van der Waals surface area (Å²) in [6.07, 6.45) is 3.46. The van der Waals surface area contributed by atoms with Crippen molar-refractivity contribution in [1.29, 1.82) is 0 Å². The van der Waals surface area contributed by atoms with E-state index in [1.165, 1.54) is 24.0 Å². The van der Waals surface area contributed by atoms with E-state index < -0.39 is 5.41 Å². The number of hydrogen-bond acceptors (Lipinski definition) is 3. The molecule has 0 saturated carbocycles. The third-order valence-electron chi connectivity index (χ3n) is 4.35. The normalized spacial score (nSPS) is 16.5. The lowest BCUT2D eigenvalue weighted by molar-refractivity contribution is -0.154. The number of piperidine rings is 1. The van der Waals surface area contributed by atoms with Gasteiger partial charge in [-0.15, -0.1) is 0 Å². The van der Waals surface area contributed by atoms with Crippen molar-refractivity contribution in [2.75, 3.05) is 13.1 Å². The van der Waals surface area contributed by atoms with Crippen molar-refractivity contribution >= 4 is 5.97 Å². The van der Waals surface area contributed by atoms with E-state index in [1.54, 1.807) is 0 Å². The minimum Gasteiger partial charge on any atom is -0.460 e. The van der Waals surface area contributed by atoms with Crippen molar-refractivity contribution in [3.63, 3.8) is 0 Å². The summed E-state index contributed by atoms with van der Waals surface area (Å²) < 4.78 is 5.43. The minimum absolute atomic E-state index is 0.145. The highest BCUT2D eigenvalue weighted by atomic mass is 16.5. The fourth-order valence-corrected chi connectivity index (χ4v) is 2.95. The maximum atomic E-state index is 11.9. The van der Waals surface area contributed by atoms with Crippen LogP contribution in [0.5, 0.6) is 0 Å². The zero-order valence-electron chi connectivity index (χ0n) is 14.4. The molecule has 0 unspecified atom stereocenters. The molecule has 1 N–H and O–H groups in total. The van der Waals surface area contributed by atoms with Crippen LogP contribution in [0.15, 0.2) is 18.2 Å². The molecular weight excluding hydrogens is 274 g/mol. The molecule has 3 nitrogen and oxygen atoms in total. The summed E-state index contributed by atoms with van der Waals surface area (Å²) in [6, 6.07) is 6.58. The van der Waals surface area contributed by atoms with E-state index in [4.69, 9.17) is 4.74 Å². The molecule has 2 rings (SSSR count). The first-order chi connectivity index (χ1) is 10.4. The Morgan fingerprint density at radius 3 is 2.55 bits per heavy atom. The third-order valence-corrected chi connectivity index (χ3v) is 4.35. The van der Waals surface area contributed by atoms with Gasteiger partial charge in [-0.2, -0.15) is 0 Å². The lowest BCUT2D eigenvalue weighted by Crippen LogP contribution is -2.27. The van der Waals surface area contributed by atoms with E-state index >= 15 is 0 Å². The summed E-state index contributed by atoms with van der Waals surface area (Å²) in [6.45, 7) is 10.4. The van der Waals surface area contributed by atoms with Gasteiger partial charge in [0.25, 0.3) is 0 Å². The van der Waals surface area contributed by atoms with Gasteiger partial charge in [0, 0.05) is 0 Å². The Bertz CT molecular complexity index is 511. The minimum atomic E-state index is -0.442. The number of carbonyl (C=O) groups excluding carboxylic acids is 1. The molecule has 1 heterocycles. The van der Waals surface area contributed by atoms with Crippen LogP contribution in [0.25, 0.3) is 0 Å². The van der Waals surface area contributed by atoms with Crippen LogP contribution in [-0.4, -0.2) is 19.1 Å². The maximum Gasteiger partial charge on any atom is 0.311 e. The molecule has 122 valence electrons. The van der Waals surface area contributed by atoms with Crippen molar-refractivity contribution in [3.8, 4) is 0 Å². The highest BCUT2D eigenvalue weighted by molar-refractivity contribution is 5.75. The number of benzene rings is 1. The number of hydrogen-bond donors (Lipinski definition) is 1. The van der Waals surface area contributed by atoms with Crippen LogP contribution >= 0.6 is 0 Å². The molecule has 22 heavy (non-hydrogen) atoms. The number of carbonyl (C=O) groups is 1. The maximum absolute atomic E-state index is 11.9. The van der Waals surface area contributed by atoms with E-state index in [9.17, 15) is 4.79 Å². The summed E-state index contributed by atoms with van der Waals surface area (Å²) in [4.78, 5) is 11.9. The lowest BCUT2D eigenvalue weighted by atomic mass is 9.85. The van der Waals surface area contributed by atoms with Crippen LogP contribution in [0.2, 0.25) is 0 Å². The van der Waals surface area contributed by atoms with Crippen LogP contribution < -0.4 is 5.32 Å². The van der Waals surface area contributed by atoms with Crippen LogP contribution in [0.1, 0.15) is 63.1 Å². The average molecular weight is 303 g/mol. The Balaban J connectivity index is 2.07. The monoisotopic (exact) mass is 303 g/mol. The van der Waals surface area contributed by atoms with E-state index in [2.05, 4.69) is 30.4 Å². The molecule has 3 heteroatoms. The van der Waals surface area contributed by atoms with E-state index in [0.717, 1.165) is 25.1 Å². The van der Waals surface area contributed by atoms with Crippen molar-refractivity contribution in [2.45, 2.75) is 59.5 Å². The van der Waals surface area contributed by atoms with E-state index in [-0.39, 0.29) is 5.97 Å². The van der Waals surface area contributed by atoms with Gasteiger partial charge < -0.3 is 10.1 Å². The van der Waals surface area contributed by atoms with Crippen LogP contribution in [0.3, 0.4) is 0 Å². The zero-order valence-corrected chi connectivity index (χ0v) is 14.4. The molecule has 1 saturated heterocycles. The number of ether oxygens (including phenoxy) is 1. The predicted molar refractivity (Wildman–Crippen MR) is 89.9 cm³/mol. The first-order valence-electron chi connectivity index (χ1n) is 8.41. The second-order valence-corrected chi connectivity index (χ2v) is 7.24. The molecule has 0 spiro atoms. The van der Waals surface area contributed by atoms with E-state index in [0.29, 0.717) is 12.5 Å². The van der Waals surface area contributed by atoms with Crippen LogP contribution in [0.4, 0.5) is 0 Å². The highest BCUT2D eigenvalue weighted by Gasteiger charge is 2.23. The smallest absolute Gasteiger partial charge is 0.311 e. The quantitative estimate of drug-likeness (QED) is 0.860. The van der Waals surface area contributed by atoms with Gasteiger partial charge in [-0.25, -0.2) is 0 Å². The average Bonchev–Trinajstić information content (AvgIpc) is 2.52. The zero-order chi connectivity index (χ0) is 16.2. The van der Waals surface area contributed by atoms with Crippen molar-refractivity contribution in [2.24, 2.45) is 5.41 Å². The van der Waals surface area contributed by atoms with Gasteiger partial charge in [0.2, 0.25) is 0 Å². The van der Waals surface area contributed by atoms with Crippen molar-refractivity contribution < 1.29 is 9.53 Å². The van der Waals surface area contributed by atoms with Gasteiger partial charge in [-0.3, -0.25) is 4.79 Å². The van der Waals surface area contributed by atoms with Gasteiger partial charge >= 0.3 is 5.97 Å². The fraction of sp³-hybridized carbons (Fsp3) is 0.632. The van der Waals surface area contributed by atoms with Gasteiger partial charge in [0.1, 0.15) is 6.61 Å². The number of aryl methyl sites for hydroxylation is 1. The molecule has 0 atom stereocenters. The Kier molecular flexibility index (Phi) is 5.63. The van der Waals surface area contributed by atoms with Crippen LogP contribution in [0, 0.1) is 5.41 Å². The highest BCUT2D eigenvalue weighted by Crippen LogP contribution is 2.29. The second-order valence-electron chi connectivity index (χ2n) is 7.24. The molecule has 0 bridgehead atoms. The number of esters is 1. The molecule has 1 aliphatic heterocycles.